The number of hydrogen-bond acceptors (Lipinski definition) is 3. The number of ether oxygens (including phenoxy) is 1. The SMILES string of the molecule is Cc1cc(OCc2cccc(F)c2)ccc1NC(=O)CCC1CCNCC1.Cl. The zero-order valence-electron chi connectivity index (χ0n) is 16.2. The number of benzene rings is 2. The molecule has 1 aliphatic heterocycles. The summed E-state index contributed by atoms with van der Waals surface area (Å²) in [6.45, 7) is 4.36. The molecule has 0 aromatic heterocycles. The molecule has 2 N–H and O–H groups in total. The first-order valence-electron chi connectivity index (χ1n) is 9.58. The number of nitrogens with one attached hydrogen (secondary N) is 2. The molecule has 3 rings (SSSR count). The van der Waals surface area contributed by atoms with Crippen molar-refractivity contribution in [3.63, 3.8) is 0 Å². The number of amides is 1. The van der Waals surface area contributed by atoms with Gasteiger partial charge in [-0.25, -0.2) is 4.39 Å². The van der Waals surface area contributed by atoms with Crippen LogP contribution in [0.1, 0.15) is 36.8 Å². The predicted octanol–water partition coefficient (Wildman–Crippen LogP) is 4.85. The standard InChI is InChI=1S/C22H27FN2O2.ClH/c1-16-13-20(27-15-18-3-2-4-19(23)14-18)6-7-21(16)25-22(26)8-5-17-9-11-24-12-10-17;/h2-4,6-7,13-14,17,24H,5,8-12,15H2,1H3,(H,25,26);1H. The van der Waals surface area contributed by atoms with E-state index < -0.39 is 0 Å². The van der Waals surface area contributed by atoms with Crippen molar-refractivity contribution in [2.45, 2.75) is 39.2 Å². The molecule has 1 saturated heterocycles. The van der Waals surface area contributed by atoms with Crippen LogP contribution in [-0.2, 0) is 11.4 Å². The average molecular weight is 407 g/mol. The molecule has 1 fully saturated rings. The molecule has 152 valence electrons. The van der Waals surface area contributed by atoms with Crippen molar-refractivity contribution in [3.8, 4) is 5.75 Å². The number of carbonyl (C=O) groups excluding carboxylic acids is 1. The highest BCUT2D eigenvalue weighted by molar-refractivity contribution is 5.91. The second-order valence-electron chi connectivity index (χ2n) is 7.18. The minimum absolute atomic E-state index is 0. The van der Waals surface area contributed by atoms with Crippen LogP contribution in [0.15, 0.2) is 42.5 Å². The molecule has 1 aliphatic rings. The van der Waals surface area contributed by atoms with Gasteiger partial charge < -0.3 is 15.4 Å². The summed E-state index contributed by atoms with van der Waals surface area (Å²) in [7, 11) is 0. The lowest BCUT2D eigenvalue weighted by molar-refractivity contribution is -0.116. The summed E-state index contributed by atoms with van der Waals surface area (Å²) >= 11 is 0. The molecule has 0 unspecified atom stereocenters. The quantitative estimate of drug-likeness (QED) is 0.690. The van der Waals surface area contributed by atoms with Crippen LogP contribution in [0.5, 0.6) is 5.75 Å². The molecule has 0 saturated carbocycles. The predicted molar refractivity (Wildman–Crippen MR) is 113 cm³/mol. The third-order valence-corrected chi connectivity index (χ3v) is 5.00. The maximum absolute atomic E-state index is 13.2. The first-order chi connectivity index (χ1) is 13.1. The van der Waals surface area contributed by atoms with Crippen LogP contribution >= 0.6 is 12.4 Å². The summed E-state index contributed by atoms with van der Waals surface area (Å²) in [5.74, 6) is 1.14. The molecule has 0 aliphatic carbocycles. The van der Waals surface area contributed by atoms with Crippen LogP contribution < -0.4 is 15.4 Å². The van der Waals surface area contributed by atoms with Crippen molar-refractivity contribution < 1.29 is 13.9 Å². The number of hydrogen-bond donors (Lipinski definition) is 2. The van der Waals surface area contributed by atoms with Gasteiger partial charge in [0.1, 0.15) is 18.2 Å². The third-order valence-electron chi connectivity index (χ3n) is 5.00. The van der Waals surface area contributed by atoms with E-state index in [-0.39, 0.29) is 24.1 Å². The fourth-order valence-electron chi connectivity index (χ4n) is 3.38. The first-order valence-corrected chi connectivity index (χ1v) is 9.58. The molecular formula is C22H28ClFN2O2. The van der Waals surface area contributed by atoms with Crippen molar-refractivity contribution in [2.75, 3.05) is 18.4 Å². The highest BCUT2D eigenvalue weighted by Crippen LogP contribution is 2.23. The van der Waals surface area contributed by atoms with E-state index in [0.717, 1.165) is 49.2 Å². The number of aryl methyl sites for hydroxylation is 1. The van der Waals surface area contributed by atoms with Gasteiger partial charge in [0, 0.05) is 12.1 Å². The zero-order valence-corrected chi connectivity index (χ0v) is 17.0. The molecule has 0 atom stereocenters. The van der Waals surface area contributed by atoms with E-state index in [4.69, 9.17) is 4.74 Å². The van der Waals surface area contributed by atoms with Gasteiger partial charge in [-0.2, -0.15) is 0 Å². The topological polar surface area (TPSA) is 50.4 Å². The zero-order chi connectivity index (χ0) is 19.1. The minimum Gasteiger partial charge on any atom is -0.489 e. The first kappa shape index (κ1) is 22.2. The Kier molecular flexibility index (Phi) is 8.74. The van der Waals surface area contributed by atoms with Gasteiger partial charge in [-0.1, -0.05) is 12.1 Å². The van der Waals surface area contributed by atoms with Gasteiger partial charge in [-0.05, 0) is 86.7 Å². The number of carbonyl (C=O) groups is 1. The molecule has 4 nitrogen and oxygen atoms in total. The molecule has 2 aromatic carbocycles. The summed E-state index contributed by atoms with van der Waals surface area (Å²) < 4.78 is 18.9. The average Bonchev–Trinajstić information content (AvgIpc) is 2.67. The summed E-state index contributed by atoms with van der Waals surface area (Å²) in [6.07, 6.45) is 3.82. The Morgan fingerprint density at radius 1 is 1.21 bits per heavy atom. The highest BCUT2D eigenvalue weighted by atomic mass is 35.5. The molecule has 1 amide bonds. The number of piperidine rings is 1. The third kappa shape index (κ3) is 6.80. The minimum atomic E-state index is -0.269. The van der Waals surface area contributed by atoms with Crippen LogP contribution in [0.3, 0.4) is 0 Å². The maximum atomic E-state index is 13.2. The number of anilines is 1. The van der Waals surface area contributed by atoms with Gasteiger partial charge in [0.15, 0.2) is 0 Å². The van der Waals surface area contributed by atoms with Crippen molar-refractivity contribution in [1.29, 1.82) is 0 Å². The summed E-state index contributed by atoms with van der Waals surface area (Å²) in [5, 5.41) is 6.35. The van der Waals surface area contributed by atoms with Crippen LogP contribution in [0, 0.1) is 18.7 Å². The summed E-state index contributed by atoms with van der Waals surface area (Å²) in [4.78, 5) is 12.2. The van der Waals surface area contributed by atoms with Crippen LogP contribution in [0.2, 0.25) is 0 Å². The van der Waals surface area contributed by atoms with Crippen molar-refractivity contribution in [2.24, 2.45) is 5.92 Å². The van der Waals surface area contributed by atoms with E-state index in [0.29, 0.717) is 24.7 Å². The van der Waals surface area contributed by atoms with E-state index in [2.05, 4.69) is 10.6 Å². The van der Waals surface area contributed by atoms with Gasteiger partial charge in [0.2, 0.25) is 5.91 Å². The summed E-state index contributed by atoms with van der Waals surface area (Å²) in [6, 6.07) is 11.9. The van der Waals surface area contributed by atoms with Crippen molar-refractivity contribution >= 4 is 24.0 Å². The smallest absolute Gasteiger partial charge is 0.224 e. The Bertz CT molecular complexity index is 779. The van der Waals surface area contributed by atoms with Gasteiger partial charge in [0.05, 0.1) is 0 Å². The number of halogens is 2. The van der Waals surface area contributed by atoms with Crippen molar-refractivity contribution in [3.05, 3.63) is 59.4 Å². The van der Waals surface area contributed by atoms with E-state index >= 15 is 0 Å². The second kappa shape index (κ2) is 11.0. The monoisotopic (exact) mass is 406 g/mol. The molecule has 0 radical (unpaired) electrons. The van der Waals surface area contributed by atoms with Crippen LogP contribution in [0.4, 0.5) is 10.1 Å². The van der Waals surface area contributed by atoms with Gasteiger partial charge in [-0.15, -0.1) is 12.4 Å². The highest BCUT2D eigenvalue weighted by Gasteiger charge is 2.15. The fourth-order valence-corrected chi connectivity index (χ4v) is 3.38. The molecule has 6 heteroatoms. The van der Waals surface area contributed by atoms with Gasteiger partial charge in [0.25, 0.3) is 0 Å². The van der Waals surface area contributed by atoms with E-state index in [1.807, 2.05) is 31.2 Å². The van der Waals surface area contributed by atoms with Crippen LogP contribution in [0.25, 0.3) is 0 Å². The maximum Gasteiger partial charge on any atom is 0.224 e. The van der Waals surface area contributed by atoms with E-state index in [9.17, 15) is 9.18 Å². The summed E-state index contributed by atoms with van der Waals surface area (Å²) in [5.41, 5.74) is 2.54. The lowest BCUT2D eigenvalue weighted by Gasteiger charge is -2.22. The lowest BCUT2D eigenvalue weighted by Crippen LogP contribution is -2.28. The Hall–Kier alpha value is -2.11. The van der Waals surface area contributed by atoms with E-state index in [1.54, 1.807) is 6.07 Å². The molecule has 2 aromatic rings. The fraction of sp³-hybridized carbons (Fsp3) is 0.409. The van der Waals surface area contributed by atoms with Crippen LogP contribution in [-0.4, -0.2) is 19.0 Å². The Labute approximate surface area is 172 Å². The number of rotatable bonds is 7. The Morgan fingerprint density at radius 2 is 2.00 bits per heavy atom. The molecule has 0 spiro atoms. The van der Waals surface area contributed by atoms with Crippen molar-refractivity contribution in [1.82, 2.24) is 5.32 Å². The Balaban J connectivity index is 0.00000280. The largest absolute Gasteiger partial charge is 0.489 e. The molecule has 0 bridgehead atoms. The van der Waals surface area contributed by atoms with Gasteiger partial charge >= 0.3 is 0 Å². The molecular weight excluding hydrogens is 379 g/mol. The molecule has 1 heterocycles. The van der Waals surface area contributed by atoms with Gasteiger partial charge in [-0.3, -0.25) is 4.79 Å². The second-order valence-corrected chi connectivity index (χ2v) is 7.18. The molecule has 28 heavy (non-hydrogen) atoms. The van der Waals surface area contributed by atoms with E-state index in [1.165, 1.54) is 12.1 Å². The lowest BCUT2D eigenvalue weighted by atomic mass is 9.93. The Morgan fingerprint density at radius 3 is 2.71 bits per heavy atom. The normalized spacial score (nSPS) is 14.2.